The molecule has 0 bridgehead atoms. The van der Waals surface area contributed by atoms with E-state index in [1.54, 1.807) is 7.11 Å². The maximum Gasteiger partial charge on any atom is 0.118 e. The fourth-order valence-corrected chi connectivity index (χ4v) is 6.03. The van der Waals surface area contributed by atoms with Crippen LogP contribution in [0.2, 0.25) is 0 Å². The van der Waals surface area contributed by atoms with Gasteiger partial charge < -0.3 is 28.4 Å². The Labute approximate surface area is 284 Å². The lowest BCUT2D eigenvalue weighted by atomic mass is 9.86. The molecule has 5 atom stereocenters. The van der Waals surface area contributed by atoms with Gasteiger partial charge in [0.25, 0.3) is 0 Å². The molecule has 48 heavy (non-hydrogen) atoms. The summed E-state index contributed by atoms with van der Waals surface area (Å²) in [6, 6.07) is 48.8. The predicted octanol–water partition coefficient (Wildman–Crippen LogP) is 8.33. The second-order valence-corrected chi connectivity index (χ2v) is 12.1. The van der Waals surface area contributed by atoms with Crippen LogP contribution in [0.15, 0.2) is 146 Å². The third kappa shape index (κ3) is 9.63. The van der Waals surface area contributed by atoms with E-state index in [1.165, 1.54) is 0 Å². The highest BCUT2D eigenvalue weighted by Crippen LogP contribution is 2.34. The number of methoxy groups -OCH3 is 1. The second kappa shape index (κ2) is 17.7. The fraction of sp³-hybridized carbons (Fsp3) is 0.286. The van der Waals surface area contributed by atoms with E-state index in [9.17, 15) is 0 Å². The monoisotopic (exact) mass is 644 g/mol. The van der Waals surface area contributed by atoms with Crippen LogP contribution in [-0.4, -0.2) is 37.6 Å². The Morgan fingerprint density at radius 3 is 1.04 bits per heavy atom. The van der Waals surface area contributed by atoms with Gasteiger partial charge in [0.05, 0.1) is 52.4 Å². The highest BCUT2D eigenvalue weighted by Gasteiger charge is 2.48. The molecule has 0 amide bonds. The largest absolute Gasteiger partial charge is 0.497 e. The Balaban J connectivity index is 1.31. The number of benzene rings is 5. The van der Waals surface area contributed by atoms with Crippen LogP contribution in [0.1, 0.15) is 34.2 Å². The Kier molecular flexibility index (Phi) is 12.4. The van der Waals surface area contributed by atoms with Crippen LogP contribution in [0, 0.1) is 0 Å². The van der Waals surface area contributed by atoms with E-state index in [4.69, 9.17) is 28.4 Å². The predicted molar refractivity (Wildman–Crippen MR) is 186 cm³/mol. The molecule has 0 N–H and O–H groups in total. The summed E-state index contributed by atoms with van der Waals surface area (Å²) in [7, 11) is 1.67. The average molecular weight is 645 g/mol. The van der Waals surface area contributed by atoms with Gasteiger partial charge in [0.1, 0.15) is 24.1 Å². The minimum atomic E-state index is -0.484. The van der Waals surface area contributed by atoms with Crippen molar-refractivity contribution in [3.8, 4) is 5.75 Å². The molecule has 6 heteroatoms. The van der Waals surface area contributed by atoms with Gasteiger partial charge in [0.2, 0.25) is 0 Å². The van der Waals surface area contributed by atoms with Crippen LogP contribution >= 0.6 is 0 Å². The fourth-order valence-electron chi connectivity index (χ4n) is 6.03. The molecule has 0 radical (unpaired) electrons. The van der Waals surface area contributed by atoms with Gasteiger partial charge >= 0.3 is 0 Å². The normalized spacial score (nSPS) is 20.7. The molecule has 6 rings (SSSR count). The minimum Gasteiger partial charge on any atom is -0.497 e. The number of hydrogen-bond donors (Lipinski definition) is 0. The molecule has 1 fully saturated rings. The van der Waals surface area contributed by atoms with Crippen molar-refractivity contribution in [2.45, 2.75) is 70.0 Å². The molecule has 1 saturated carbocycles. The van der Waals surface area contributed by atoms with E-state index in [2.05, 4.69) is 48.5 Å². The number of hydrogen-bond acceptors (Lipinski definition) is 6. The van der Waals surface area contributed by atoms with Crippen LogP contribution in [0.4, 0.5) is 0 Å². The second-order valence-electron chi connectivity index (χ2n) is 12.1. The van der Waals surface area contributed by atoms with Crippen molar-refractivity contribution in [3.05, 3.63) is 173 Å². The van der Waals surface area contributed by atoms with Crippen molar-refractivity contribution in [2.75, 3.05) is 7.11 Å². The summed E-state index contributed by atoms with van der Waals surface area (Å²) in [6.45, 7) is 2.09. The van der Waals surface area contributed by atoms with Gasteiger partial charge in [0, 0.05) is 6.42 Å². The first-order valence-corrected chi connectivity index (χ1v) is 16.6. The average Bonchev–Trinajstić information content (AvgIpc) is 3.16. The van der Waals surface area contributed by atoms with Crippen molar-refractivity contribution in [3.63, 3.8) is 0 Å². The molecular formula is C42H44O6. The molecule has 5 aromatic carbocycles. The number of rotatable bonds is 16. The lowest BCUT2D eigenvalue weighted by Gasteiger charge is -2.46. The van der Waals surface area contributed by atoms with E-state index in [1.807, 2.05) is 97.1 Å². The third-order valence-corrected chi connectivity index (χ3v) is 8.63. The summed E-state index contributed by atoms with van der Waals surface area (Å²) in [4.78, 5) is 0. The zero-order chi connectivity index (χ0) is 32.8. The first-order valence-electron chi connectivity index (χ1n) is 16.6. The van der Waals surface area contributed by atoms with Crippen molar-refractivity contribution < 1.29 is 28.4 Å². The molecule has 0 saturated heterocycles. The first kappa shape index (κ1) is 33.6. The summed E-state index contributed by atoms with van der Waals surface area (Å²) < 4.78 is 39.3. The van der Waals surface area contributed by atoms with Crippen molar-refractivity contribution in [1.82, 2.24) is 0 Å². The molecular weight excluding hydrogens is 600 g/mol. The van der Waals surface area contributed by atoms with E-state index in [0.29, 0.717) is 39.5 Å². The van der Waals surface area contributed by atoms with Crippen LogP contribution in [0.5, 0.6) is 5.75 Å². The molecule has 0 aliphatic heterocycles. The SMILES string of the molecule is COc1ccc(CO[C@H]2[C@H](OCc3ccccc3)[C@@H](OCc3ccccc3)[C@H](OCc3ccccc3)C[C@H]2OCc2ccccc2)cc1. The molecule has 6 nitrogen and oxygen atoms in total. The lowest BCUT2D eigenvalue weighted by molar-refractivity contribution is -0.250. The van der Waals surface area contributed by atoms with Crippen LogP contribution in [0.25, 0.3) is 0 Å². The van der Waals surface area contributed by atoms with E-state index in [0.717, 1.165) is 33.6 Å². The van der Waals surface area contributed by atoms with Crippen LogP contribution < -0.4 is 4.74 Å². The van der Waals surface area contributed by atoms with Crippen molar-refractivity contribution >= 4 is 0 Å². The minimum absolute atomic E-state index is 0.309. The maximum atomic E-state index is 6.84. The van der Waals surface area contributed by atoms with E-state index in [-0.39, 0.29) is 12.2 Å². The van der Waals surface area contributed by atoms with E-state index >= 15 is 0 Å². The molecule has 0 heterocycles. The van der Waals surface area contributed by atoms with Crippen LogP contribution in [-0.2, 0) is 56.7 Å². The highest BCUT2D eigenvalue weighted by molar-refractivity contribution is 5.27. The first-order chi connectivity index (χ1) is 23.7. The zero-order valence-corrected chi connectivity index (χ0v) is 27.4. The summed E-state index contributed by atoms with van der Waals surface area (Å²) >= 11 is 0. The van der Waals surface area contributed by atoms with Crippen molar-refractivity contribution in [2.24, 2.45) is 0 Å². The Hall–Kier alpha value is -4.30. The van der Waals surface area contributed by atoms with Gasteiger partial charge in [-0.05, 0) is 39.9 Å². The van der Waals surface area contributed by atoms with Gasteiger partial charge in [0.15, 0.2) is 0 Å². The smallest absolute Gasteiger partial charge is 0.118 e. The Bertz CT molecular complexity index is 1600. The molecule has 0 aromatic heterocycles. The Morgan fingerprint density at radius 2 is 0.688 bits per heavy atom. The standard InChI is InChI=1S/C42H44O6/c1-43-37-24-22-36(23-25-37)31-47-41-39(45-28-33-16-8-3-9-17-33)26-38(44-27-32-14-6-2-7-15-32)40(46-29-34-18-10-4-11-19-34)42(41)48-30-35-20-12-5-13-21-35/h2-25,38-42H,26-31H2,1H3/t38-,39-,40+,41-,42-/m1/s1. The maximum absolute atomic E-state index is 6.84. The third-order valence-electron chi connectivity index (χ3n) is 8.63. The quantitative estimate of drug-likeness (QED) is 0.108. The lowest BCUT2D eigenvalue weighted by Crippen LogP contribution is -2.59. The molecule has 248 valence electrons. The number of ether oxygens (including phenoxy) is 6. The molecule has 1 aliphatic carbocycles. The molecule has 0 unspecified atom stereocenters. The van der Waals surface area contributed by atoms with Crippen molar-refractivity contribution in [1.29, 1.82) is 0 Å². The molecule has 5 aromatic rings. The van der Waals surface area contributed by atoms with Crippen LogP contribution in [0.3, 0.4) is 0 Å². The van der Waals surface area contributed by atoms with E-state index < -0.39 is 18.3 Å². The van der Waals surface area contributed by atoms with Gasteiger partial charge in [-0.3, -0.25) is 0 Å². The summed E-state index contributed by atoms with van der Waals surface area (Å²) in [6.07, 6.45) is -1.38. The van der Waals surface area contributed by atoms with Gasteiger partial charge in [-0.2, -0.15) is 0 Å². The Morgan fingerprint density at radius 1 is 0.375 bits per heavy atom. The van der Waals surface area contributed by atoms with Gasteiger partial charge in [-0.25, -0.2) is 0 Å². The zero-order valence-electron chi connectivity index (χ0n) is 27.4. The summed E-state index contributed by atoms with van der Waals surface area (Å²) in [5.74, 6) is 0.803. The molecule has 1 aliphatic rings. The van der Waals surface area contributed by atoms with Gasteiger partial charge in [-0.1, -0.05) is 133 Å². The highest BCUT2D eigenvalue weighted by atomic mass is 16.6. The molecule has 0 spiro atoms. The van der Waals surface area contributed by atoms with Gasteiger partial charge in [-0.15, -0.1) is 0 Å². The summed E-state index contributed by atoms with van der Waals surface area (Å²) in [5.41, 5.74) is 5.38. The topological polar surface area (TPSA) is 55.4 Å². The summed E-state index contributed by atoms with van der Waals surface area (Å²) in [5, 5.41) is 0.